The van der Waals surface area contributed by atoms with Gasteiger partial charge < -0.3 is 10.2 Å². The molecule has 2 aliphatic rings. The molecule has 29 heavy (non-hydrogen) atoms. The van der Waals surface area contributed by atoms with Gasteiger partial charge in [-0.15, -0.1) is 0 Å². The van der Waals surface area contributed by atoms with Crippen LogP contribution >= 0.6 is 0 Å². The van der Waals surface area contributed by atoms with Crippen LogP contribution in [-0.2, 0) is 0 Å². The normalized spacial score (nSPS) is 21.7. The summed E-state index contributed by atoms with van der Waals surface area (Å²) in [4.78, 5) is 20.9. The number of rotatable bonds is 3. The summed E-state index contributed by atoms with van der Waals surface area (Å²) in [5, 5.41) is 8.89. The first kappa shape index (κ1) is 18.3. The summed E-state index contributed by atoms with van der Waals surface area (Å²) in [6, 6.07) is 12.8. The number of nitrogens with zero attached hydrogens (tertiary/aromatic N) is 4. The van der Waals surface area contributed by atoms with Gasteiger partial charge in [-0.1, -0.05) is 30.3 Å². The van der Waals surface area contributed by atoms with Crippen LogP contribution in [0.4, 0.5) is 0 Å². The van der Waals surface area contributed by atoms with Gasteiger partial charge in [0.05, 0.1) is 22.8 Å². The van der Waals surface area contributed by atoms with E-state index in [4.69, 9.17) is 4.98 Å². The molecule has 2 atom stereocenters. The highest BCUT2D eigenvalue weighted by Crippen LogP contribution is 2.33. The maximum absolute atomic E-state index is 13.8. The van der Waals surface area contributed by atoms with Crippen molar-refractivity contribution in [2.24, 2.45) is 0 Å². The molecule has 6 heteroatoms. The molecule has 2 aliphatic heterocycles. The number of amides is 1. The van der Waals surface area contributed by atoms with Crippen molar-refractivity contribution in [3.8, 4) is 11.3 Å². The summed E-state index contributed by atoms with van der Waals surface area (Å²) in [5.41, 5.74) is 3.34. The highest BCUT2D eigenvalue weighted by molar-refractivity contribution is 6.06. The van der Waals surface area contributed by atoms with Crippen LogP contribution in [0.15, 0.2) is 42.6 Å². The van der Waals surface area contributed by atoms with Gasteiger partial charge in [0.15, 0.2) is 5.65 Å². The first-order valence-corrected chi connectivity index (χ1v) is 10.6. The van der Waals surface area contributed by atoms with E-state index in [0.717, 1.165) is 60.2 Å². The first-order chi connectivity index (χ1) is 14.1. The molecule has 1 aromatic carbocycles. The average Bonchev–Trinajstić information content (AvgIpc) is 3.27. The van der Waals surface area contributed by atoms with E-state index in [-0.39, 0.29) is 18.0 Å². The molecule has 1 amide bonds. The summed E-state index contributed by atoms with van der Waals surface area (Å²) in [7, 11) is 0. The van der Waals surface area contributed by atoms with Crippen molar-refractivity contribution in [1.29, 1.82) is 0 Å². The lowest BCUT2D eigenvalue weighted by Crippen LogP contribution is -2.42. The van der Waals surface area contributed by atoms with E-state index in [1.165, 1.54) is 0 Å². The standard InChI is InChI=1S/C23H27N5O/c1-15(2)28-22-20(14-25-28)19(12-21(26-22)16-6-4-3-5-7-16)23(29)27-17-8-9-18(27)13-24-11-10-17/h3-7,12,14-15,17-18,24H,8-11,13H2,1-2H3. The maximum atomic E-state index is 13.8. The zero-order chi connectivity index (χ0) is 20.0. The second-order valence-corrected chi connectivity index (χ2v) is 8.43. The fraction of sp³-hybridized carbons (Fsp3) is 0.435. The lowest BCUT2D eigenvalue weighted by Gasteiger charge is -2.28. The van der Waals surface area contributed by atoms with E-state index in [1.807, 2.05) is 47.3 Å². The number of nitrogens with one attached hydrogen (secondary N) is 1. The van der Waals surface area contributed by atoms with Crippen molar-refractivity contribution in [2.45, 2.75) is 51.2 Å². The molecule has 0 saturated carbocycles. The SMILES string of the molecule is CC(C)n1ncc2c(C(=O)N3C4CCNCC3CC4)cc(-c3ccccc3)nc21. The largest absolute Gasteiger partial charge is 0.331 e. The van der Waals surface area contributed by atoms with Crippen LogP contribution in [0.5, 0.6) is 0 Å². The Morgan fingerprint density at radius 2 is 1.93 bits per heavy atom. The lowest BCUT2D eigenvalue weighted by molar-refractivity contribution is 0.0682. The second kappa shape index (κ2) is 7.26. The second-order valence-electron chi connectivity index (χ2n) is 8.43. The minimum absolute atomic E-state index is 0.120. The van der Waals surface area contributed by atoms with Crippen LogP contribution in [0.1, 0.15) is 49.5 Å². The van der Waals surface area contributed by atoms with Crippen molar-refractivity contribution >= 4 is 16.9 Å². The Bertz CT molecular complexity index is 1030. The number of carbonyl (C=O) groups excluding carboxylic acids is 1. The number of hydrogen-bond donors (Lipinski definition) is 1. The summed E-state index contributed by atoms with van der Waals surface area (Å²) in [5.74, 6) is 0.120. The van der Waals surface area contributed by atoms with Crippen LogP contribution in [-0.4, -0.2) is 50.7 Å². The van der Waals surface area contributed by atoms with E-state index in [2.05, 4.69) is 29.2 Å². The third kappa shape index (κ3) is 3.12. The summed E-state index contributed by atoms with van der Waals surface area (Å²) < 4.78 is 1.91. The zero-order valence-electron chi connectivity index (χ0n) is 17.0. The molecule has 2 unspecified atom stereocenters. The third-order valence-corrected chi connectivity index (χ3v) is 6.24. The topological polar surface area (TPSA) is 63.1 Å². The Labute approximate surface area is 170 Å². The molecule has 0 radical (unpaired) electrons. The molecule has 2 saturated heterocycles. The van der Waals surface area contributed by atoms with Gasteiger partial charge in [-0.3, -0.25) is 4.79 Å². The van der Waals surface area contributed by atoms with E-state index in [0.29, 0.717) is 6.04 Å². The number of aromatic nitrogens is 3. The molecule has 3 aromatic rings. The van der Waals surface area contributed by atoms with Gasteiger partial charge in [-0.05, 0) is 45.7 Å². The zero-order valence-corrected chi connectivity index (χ0v) is 17.0. The summed E-state index contributed by atoms with van der Waals surface area (Å²) >= 11 is 0. The molecular weight excluding hydrogens is 362 g/mol. The Kier molecular flexibility index (Phi) is 4.59. The fourth-order valence-electron chi connectivity index (χ4n) is 4.78. The molecule has 1 N–H and O–H groups in total. The molecule has 0 aliphatic carbocycles. The third-order valence-electron chi connectivity index (χ3n) is 6.24. The van der Waals surface area contributed by atoms with Crippen LogP contribution in [0.3, 0.4) is 0 Å². The Balaban J connectivity index is 1.67. The molecule has 2 bridgehead atoms. The van der Waals surface area contributed by atoms with E-state index in [1.54, 1.807) is 0 Å². The van der Waals surface area contributed by atoms with E-state index >= 15 is 0 Å². The molecule has 2 fully saturated rings. The highest BCUT2D eigenvalue weighted by atomic mass is 16.2. The molecule has 5 rings (SSSR count). The van der Waals surface area contributed by atoms with Gasteiger partial charge in [-0.25, -0.2) is 9.67 Å². The molecule has 4 heterocycles. The van der Waals surface area contributed by atoms with Crippen molar-refractivity contribution in [3.05, 3.63) is 48.2 Å². The highest BCUT2D eigenvalue weighted by Gasteiger charge is 2.39. The van der Waals surface area contributed by atoms with Crippen LogP contribution in [0.25, 0.3) is 22.3 Å². The molecule has 2 aromatic heterocycles. The molecule has 6 nitrogen and oxygen atoms in total. The first-order valence-electron chi connectivity index (χ1n) is 10.6. The monoisotopic (exact) mass is 389 g/mol. The van der Waals surface area contributed by atoms with Gasteiger partial charge in [0.25, 0.3) is 5.91 Å². The van der Waals surface area contributed by atoms with Gasteiger partial charge in [0.2, 0.25) is 0 Å². The Morgan fingerprint density at radius 3 is 2.72 bits per heavy atom. The summed E-state index contributed by atoms with van der Waals surface area (Å²) in [6.07, 6.45) is 5.01. The number of pyridine rings is 1. The predicted molar refractivity (Wildman–Crippen MR) is 114 cm³/mol. The van der Waals surface area contributed by atoms with Crippen LogP contribution in [0.2, 0.25) is 0 Å². The van der Waals surface area contributed by atoms with Crippen molar-refractivity contribution < 1.29 is 4.79 Å². The number of carbonyl (C=O) groups is 1. The van der Waals surface area contributed by atoms with Crippen LogP contribution < -0.4 is 5.32 Å². The van der Waals surface area contributed by atoms with Crippen LogP contribution in [0, 0.1) is 0 Å². The van der Waals surface area contributed by atoms with E-state index in [9.17, 15) is 4.79 Å². The molecule has 0 spiro atoms. The Hall–Kier alpha value is -2.73. The quantitative estimate of drug-likeness (QED) is 0.743. The number of fused-ring (bicyclic) bond motifs is 3. The number of benzene rings is 1. The lowest BCUT2D eigenvalue weighted by atomic mass is 10.0. The minimum Gasteiger partial charge on any atom is -0.331 e. The van der Waals surface area contributed by atoms with Gasteiger partial charge >= 0.3 is 0 Å². The average molecular weight is 390 g/mol. The number of hydrogen-bond acceptors (Lipinski definition) is 4. The van der Waals surface area contributed by atoms with E-state index < -0.39 is 0 Å². The molecular formula is C23H27N5O. The van der Waals surface area contributed by atoms with Crippen molar-refractivity contribution in [1.82, 2.24) is 25.0 Å². The minimum atomic E-state index is 0.120. The predicted octanol–water partition coefficient (Wildman–Crippen LogP) is 3.65. The van der Waals surface area contributed by atoms with Gasteiger partial charge in [-0.2, -0.15) is 5.10 Å². The fourth-order valence-corrected chi connectivity index (χ4v) is 4.78. The Morgan fingerprint density at radius 1 is 1.14 bits per heavy atom. The van der Waals surface area contributed by atoms with Gasteiger partial charge in [0.1, 0.15) is 0 Å². The molecule has 150 valence electrons. The summed E-state index contributed by atoms with van der Waals surface area (Å²) in [6.45, 7) is 6.04. The smallest absolute Gasteiger partial charge is 0.255 e. The maximum Gasteiger partial charge on any atom is 0.255 e. The van der Waals surface area contributed by atoms with Crippen molar-refractivity contribution in [2.75, 3.05) is 13.1 Å². The van der Waals surface area contributed by atoms with Gasteiger partial charge in [0, 0.05) is 30.2 Å². The van der Waals surface area contributed by atoms with Crippen molar-refractivity contribution in [3.63, 3.8) is 0 Å².